The van der Waals surface area contributed by atoms with E-state index in [2.05, 4.69) is 0 Å². The van der Waals surface area contributed by atoms with Crippen molar-refractivity contribution < 1.29 is 14.6 Å². The maximum Gasteiger partial charge on any atom is 0.173 e. The SMILES string of the molecule is CC(C)(N)c1c(O)ccc(O)c1F. The van der Waals surface area contributed by atoms with Gasteiger partial charge in [-0.05, 0) is 26.0 Å². The van der Waals surface area contributed by atoms with Crippen molar-refractivity contribution in [1.29, 1.82) is 0 Å². The molecule has 0 aliphatic heterocycles. The number of benzene rings is 1. The molecule has 4 heteroatoms. The molecule has 0 saturated carbocycles. The number of phenols is 2. The molecule has 0 radical (unpaired) electrons. The van der Waals surface area contributed by atoms with Gasteiger partial charge in [-0.25, -0.2) is 4.39 Å². The zero-order chi connectivity index (χ0) is 10.2. The van der Waals surface area contributed by atoms with Gasteiger partial charge in [-0.3, -0.25) is 0 Å². The van der Waals surface area contributed by atoms with E-state index in [0.717, 1.165) is 6.07 Å². The Hall–Kier alpha value is -1.29. The first kappa shape index (κ1) is 9.80. The van der Waals surface area contributed by atoms with Crippen LogP contribution in [0.1, 0.15) is 19.4 Å². The number of nitrogens with two attached hydrogens (primary N) is 1. The van der Waals surface area contributed by atoms with E-state index < -0.39 is 17.1 Å². The molecule has 0 spiro atoms. The van der Waals surface area contributed by atoms with Gasteiger partial charge in [0.05, 0.1) is 5.56 Å². The van der Waals surface area contributed by atoms with Crippen molar-refractivity contribution in [3.8, 4) is 11.5 Å². The van der Waals surface area contributed by atoms with Crippen molar-refractivity contribution in [2.24, 2.45) is 5.73 Å². The molecule has 1 rings (SSSR count). The molecular weight excluding hydrogens is 173 g/mol. The summed E-state index contributed by atoms with van der Waals surface area (Å²) in [6.45, 7) is 3.09. The van der Waals surface area contributed by atoms with Crippen LogP contribution in [0, 0.1) is 5.82 Å². The van der Waals surface area contributed by atoms with E-state index in [0.29, 0.717) is 0 Å². The maximum atomic E-state index is 13.3. The van der Waals surface area contributed by atoms with Gasteiger partial charge in [0, 0.05) is 5.54 Å². The molecule has 1 aromatic carbocycles. The van der Waals surface area contributed by atoms with Crippen LogP contribution < -0.4 is 5.73 Å². The summed E-state index contributed by atoms with van der Waals surface area (Å²) in [5, 5.41) is 18.4. The van der Waals surface area contributed by atoms with Crippen LogP contribution in [-0.4, -0.2) is 10.2 Å². The van der Waals surface area contributed by atoms with Crippen LogP contribution in [0.5, 0.6) is 11.5 Å². The van der Waals surface area contributed by atoms with E-state index in [4.69, 9.17) is 10.8 Å². The minimum Gasteiger partial charge on any atom is -0.507 e. The summed E-state index contributed by atoms with van der Waals surface area (Å²) in [5.74, 6) is -1.62. The van der Waals surface area contributed by atoms with Crippen molar-refractivity contribution in [2.45, 2.75) is 19.4 Å². The predicted octanol–water partition coefficient (Wildman–Crippen LogP) is 1.43. The lowest BCUT2D eigenvalue weighted by molar-refractivity contribution is 0.388. The molecular formula is C9H12FNO2. The van der Waals surface area contributed by atoms with Gasteiger partial charge < -0.3 is 15.9 Å². The van der Waals surface area contributed by atoms with Crippen LogP contribution in [0.4, 0.5) is 4.39 Å². The average molecular weight is 185 g/mol. The maximum absolute atomic E-state index is 13.3. The number of rotatable bonds is 1. The van der Waals surface area contributed by atoms with Gasteiger partial charge in [-0.2, -0.15) is 0 Å². The number of aromatic hydroxyl groups is 2. The summed E-state index contributed by atoms with van der Waals surface area (Å²) in [5.41, 5.74) is 4.52. The molecule has 0 bridgehead atoms. The molecule has 0 heterocycles. The van der Waals surface area contributed by atoms with Crippen molar-refractivity contribution in [2.75, 3.05) is 0 Å². The fourth-order valence-corrected chi connectivity index (χ4v) is 1.17. The van der Waals surface area contributed by atoms with Crippen LogP contribution in [-0.2, 0) is 5.54 Å². The average Bonchev–Trinajstić information content (AvgIpc) is 1.95. The van der Waals surface area contributed by atoms with Gasteiger partial charge in [0.2, 0.25) is 0 Å². The van der Waals surface area contributed by atoms with Crippen molar-refractivity contribution in [3.63, 3.8) is 0 Å². The van der Waals surface area contributed by atoms with Crippen LogP contribution in [0.25, 0.3) is 0 Å². The van der Waals surface area contributed by atoms with Crippen LogP contribution in [0.2, 0.25) is 0 Å². The molecule has 0 saturated heterocycles. The van der Waals surface area contributed by atoms with E-state index in [-0.39, 0.29) is 11.3 Å². The molecule has 0 atom stereocenters. The van der Waals surface area contributed by atoms with Crippen molar-refractivity contribution in [3.05, 3.63) is 23.5 Å². The van der Waals surface area contributed by atoms with E-state index in [1.807, 2.05) is 0 Å². The number of halogens is 1. The van der Waals surface area contributed by atoms with Crippen LogP contribution in [0.3, 0.4) is 0 Å². The van der Waals surface area contributed by atoms with Gasteiger partial charge in [-0.15, -0.1) is 0 Å². The minimum atomic E-state index is -1.02. The number of hydrogen-bond acceptors (Lipinski definition) is 3. The Bertz CT molecular complexity index is 331. The van der Waals surface area contributed by atoms with Crippen LogP contribution >= 0.6 is 0 Å². The smallest absolute Gasteiger partial charge is 0.173 e. The molecule has 0 aromatic heterocycles. The molecule has 1 aromatic rings. The Morgan fingerprint density at radius 2 is 1.69 bits per heavy atom. The Kier molecular flexibility index (Phi) is 2.17. The fourth-order valence-electron chi connectivity index (χ4n) is 1.17. The molecule has 0 aliphatic carbocycles. The monoisotopic (exact) mass is 185 g/mol. The molecule has 0 fully saturated rings. The highest BCUT2D eigenvalue weighted by atomic mass is 19.1. The summed E-state index contributed by atoms with van der Waals surface area (Å²) >= 11 is 0. The lowest BCUT2D eigenvalue weighted by atomic mass is 9.94. The quantitative estimate of drug-likeness (QED) is 0.580. The van der Waals surface area contributed by atoms with E-state index >= 15 is 0 Å². The molecule has 4 N–H and O–H groups in total. The molecule has 72 valence electrons. The molecule has 0 unspecified atom stereocenters. The van der Waals surface area contributed by atoms with Gasteiger partial charge >= 0.3 is 0 Å². The third kappa shape index (κ3) is 1.72. The number of phenolic OH excluding ortho intramolecular Hbond substituents is 2. The Morgan fingerprint density at radius 1 is 1.23 bits per heavy atom. The first-order valence-electron chi connectivity index (χ1n) is 3.84. The largest absolute Gasteiger partial charge is 0.507 e. The Balaban J connectivity index is 3.43. The first-order valence-corrected chi connectivity index (χ1v) is 3.84. The van der Waals surface area contributed by atoms with Gasteiger partial charge in [0.15, 0.2) is 11.6 Å². The van der Waals surface area contributed by atoms with Crippen LogP contribution in [0.15, 0.2) is 12.1 Å². The Morgan fingerprint density at radius 3 is 2.08 bits per heavy atom. The lowest BCUT2D eigenvalue weighted by Gasteiger charge is -2.21. The predicted molar refractivity (Wildman–Crippen MR) is 46.9 cm³/mol. The highest BCUT2D eigenvalue weighted by molar-refractivity contribution is 5.43. The molecule has 3 nitrogen and oxygen atoms in total. The summed E-state index contributed by atoms with van der Waals surface area (Å²) in [7, 11) is 0. The minimum absolute atomic E-state index is 0.0764. The zero-order valence-electron chi connectivity index (χ0n) is 7.50. The summed E-state index contributed by atoms with van der Waals surface area (Å²) in [6, 6.07) is 2.29. The fraction of sp³-hybridized carbons (Fsp3) is 0.333. The number of hydrogen-bond donors (Lipinski definition) is 3. The summed E-state index contributed by atoms with van der Waals surface area (Å²) < 4.78 is 13.3. The summed E-state index contributed by atoms with van der Waals surface area (Å²) in [4.78, 5) is 0. The molecule has 13 heavy (non-hydrogen) atoms. The highest BCUT2D eigenvalue weighted by Crippen LogP contribution is 2.33. The second-order valence-corrected chi connectivity index (χ2v) is 3.51. The van der Waals surface area contributed by atoms with Gasteiger partial charge in [0.25, 0.3) is 0 Å². The van der Waals surface area contributed by atoms with E-state index in [1.165, 1.54) is 6.07 Å². The highest BCUT2D eigenvalue weighted by Gasteiger charge is 2.24. The van der Waals surface area contributed by atoms with E-state index in [9.17, 15) is 9.50 Å². The first-order chi connectivity index (χ1) is 5.84. The lowest BCUT2D eigenvalue weighted by Crippen LogP contribution is -2.30. The normalized spacial score (nSPS) is 11.7. The van der Waals surface area contributed by atoms with E-state index in [1.54, 1.807) is 13.8 Å². The van der Waals surface area contributed by atoms with Gasteiger partial charge in [-0.1, -0.05) is 0 Å². The topological polar surface area (TPSA) is 66.5 Å². The van der Waals surface area contributed by atoms with Gasteiger partial charge in [0.1, 0.15) is 5.75 Å². The third-order valence-electron chi connectivity index (χ3n) is 1.74. The standard InChI is InChI=1S/C9H12FNO2/c1-9(2,11)7-5(12)3-4-6(13)8(7)10/h3-4,12-13H,11H2,1-2H3. The summed E-state index contributed by atoms with van der Waals surface area (Å²) in [6.07, 6.45) is 0. The third-order valence-corrected chi connectivity index (χ3v) is 1.74. The Labute approximate surface area is 75.6 Å². The molecule has 0 amide bonds. The zero-order valence-corrected chi connectivity index (χ0v) is 7.50. The second-order valence-electron chi connectivity index (χ2n) is 3.51. The second kappa shape index (κ2) is 2.88. The van der Waals surface area contributed by atoms with Crippen molar-refractivity contribution in [1.82, 2.24) is 0 Å². The van der Waals surface area contributed by atoms with Crippen molar-refractivity contribution >= 4 is 0 Å². The molecule has 0 aliphatic rings.